The summed E-state index contributed by atoms with van der Waals surface area (Å²) in [7, 11) is 1.41. The van der Waals surface area contributed by atoms with Gasteiger partial charge in [0.1, 0.15) is 23.6 Å². The summed E-state index contributed by atoms with van der Waals surface area (Å²) < 4.78 is 20.5. The lowest BCUT2D eigenvalue weighted by molar-refractivity contribution is 0.0507. The van der Waals surface area contributed by atoms with E-state index >= 15 is 0 Å². The number of hydrogen-bond acceptors (Lipinski definition) is 8. The van der Waals surface area contributed by atoms with Gasteiger partial charge in [-0.3, -0.25) is 10.1 Å². The Morgan fingerprint density at radius 1 is 0.943 bits per heavy atom. The topological polar surface area (TPSA) is 144 Å². The Morgan fingerprint density at radius 2 is 1.63 bits per heavy atom. The number of methoxy groups -OCH3 is 1. The van der Waals surface area contributed by atoms with Gasteiger partial charge in [0.25, 0.3) is 5.91 Å². The van der Waals surface area contributed by atoms with Crippen molar-refractivity contribution in [3.8, 4) is 11.5 Å². The van der Waals surface area contributed by atoms with Gasteiger partial charge in [-0.15, -0.1) is 0 Å². The molecule has 0 bridgehead atoms. The smallest absolute Gasteiger partial charge is 0.412 e. The number of aromatic hydroxyl groups is 1. The van der Waals surface area contributed by atoms with Crippen LogP contribution in [0.3, 0.4) is 0 Å². The Morgan fingerprint density at radius 3 is 2.29 bits per heavy atom. The molecular formula is C24H31N3O8. The number of benzene rings is 2. The molecule has 4 N–H and O–H groups in total. The Hall–Kier alpha value is -3.99. The van der Waals surface area contributed by atoms with E-state index in [0.29, 0.717) is 0 Å². The summed E-state index contributed by atoms with van der Waals surface area (Å²) in [5.74, 6) is -1.07. The molecule has 11 nitrogen and oxygen atoms in total. The van der Waals surface area contributed by atoms with Crippen molar-refractivity contribution in [2.24, 2.45) is 0 Å². The standard InChI is InChI=1S/C24H31N3O8/c1-24(2,3)35-23(31)27-19-18(34-15-32-4)11-10-17(20(19)28)21(29)25-12-13-26-22(30)33-14-16-8-6-5-7-9-16/h5-11,28H,12-15H2,1-4H3,(H,25,29)(H,26,30)(H,27,31). The van der Waals surface area contributed by atoms with Gasteiger partial charge in [0.2, 0.25) is 0 Å². The fraction of sp³-hybridized carbons (Fsp3) is 0.375. The van der Waals surface area contributed by atoms with Crippen LogP contribution in [0.25, 0.3) is 0 Å². The van der Waals surface area contributed by atoms with E-state index in [1.54, 1.807) is 20.8 Å². The third kappa shape index (κ3) is 9.41. The molecule has 0 radical (unpaired) electrons. The van der Waals surface area contributed by atoms with E-state index in [-0.39, 0.29) is 43.5 Å². The second kappa shape index (κ2) is 13.0. The van der Waals surface area contributed by atoms with Crippen molar-refractivity contribution in [1.82, 2.24) is 10.6 Å². The largest absolute Gasteiger partial charge is 0.505 e. The van der Waals surface area contributed by atoms with Crippen LogP contribution in [0.2, 0.25) is 0 Å². The van der Waals surface area contributed by atoms with Crippen molar-refractivity contribution in [2.45, 2.75) is 33.0 Å². The van der Waals surface area contributed by atoms with Gasteiger partial charge in [-0.05, 0) is 38.5 Å². The van der Waals surface area contributed by atoms with Crippen LogP contribution in [-0.4, -0.2) is 55.8 Å². The van der Waals surface area contributed by atoms with Crippen LogP contribution in [-0.2, 0) is 20.8 Å². The van der Waals surface area contributed by atoms with Gasteiger partial charge >= 0.3 is 12.2 Å². The van der Waals surface area contributed by atoms with Crippen LogP contribution in [0.5, 0.6) is 11.5 Å². The maximum Gasteiger partial charge on any atom is 0.412 e. The summed E-state index contributed by atoms with van der Waals surface area (Å²) in [6.45, 7) is 5.18. The number of phenolic OH excluding ortho intramolecular Hbond substituents is 1. The van der Waals surface area contributed by atoms with Gasteiger partial charge in [0.15, 0.2) is 12.5 Å². The molecule has 2 rings (SSSR count). The molecule has 0 saturated heterocycles. The van der Waals surface area contributed by atoms with Crippen LogP contribution in [0.4, 0.5) is 15.3 Å². The van der Waals surface area contributed by atoms with Gasteiger partial charge in [-0.25, -0.2) is 9.59 Å². The van der Waals surface area contributed by atoms with Gasteiger partial charge in [-0.2, -0.15) is 0 Å². The van der Waals surface area contributed by atoms with E-state index in [1.165, 1.54) is 19.2 Å². The highest BCUT2D eigenvalue weighted by Crippen LogP contribution is 2.37. The summed E-state index contributed by atoms with van der Waals surface area (Å²) in [6.07, 6.45) is -1.47. The molecule has 0 saturated carbocycles. The normalized spacial score (nSPS) is 10.7. The highest BCUT2D eigenvalue weighted by molar-refractivity contribution is 6.01. The maximum atomic E-state index is 12.6. The first-order valence-electron chi connectivity index (χ1n) is 10.8. The first-order valence-corrected chi connectivity index (χ1v) is 10.8. The number of amides is 3. The van der Waals surface area contributed by atoms with Crippen LogP contribution in [0, 0.1) is 0 Å². The molecule has 0 atom stereocenters. The summed E-state index contributed by atoms with van der Waals surface area (Å²) in [5.41, 5.74) is -0.198. The molecule has 35 heavy (non-hydrogen) atoms. The van der Waals surface area contributed by atoms with Gasteiger partial charge < -0.3 is 34.7 Å². The number of nitrogens with one attached hydrogen (secondary N) is 3. The molecule has 0 heterocycles. The minimum absolute atomic E-state index is 0.0649. The minimum Gasteiger partial charge on any atom is -0.505 e. The minimum atomic E-state index is -0.842. The summed E-state index contributed by atoms with van der Waals surface area (Å²) >= 11 is 0. The number of rotatable bonds is 10. The van der Waals surface area contributed by atoms with Crippen molar-refractivity contribution in [2.75, 3.05) is 32.3 Å². The van der Waals surface area contributed by atoms with Crippen molar-refractivity contribution in [1.29, 1.82) is 0 Å². The van der Waals surface area contributed by atoms with E-state index in [2.05, 4.69) is 16.0 Å². The molecule has 0 aliphatic heterocycles. The van der Waals surface area contributed by atoms with Crippen LogP contribution < -0.4 is 20.7 Å². The molecular weight excluding hydrogens is 458 g/mol. The zero-order chi connectivity index (χ0) is 25.8. The average molecular weight is 490 g/mol. The van der Waals surface area contributed by atoms with E-state index in [9.17, 15) is 19.5 Å². The summed E-state index contributed by atoms with van der Waals surface area (Å²) in [4.78, 5) is 36.6. The molecule has 0 aromatic heterocycles. The zero-order valence-corrected chi connectivity index (χ0v) is 20.2. The summed E-state index contributed by atoms with van der Waals surface area (Å²) in [6, 6.07) is 11.9. The first-order chi connectivity index (χ1) is 16.6. The average Bonchev–Trinajstić information content (AvgIpc) is 2.80. The van der Waals surface area contributed by atoms with E-state index in [1.807, 2.05) is 30.3 Å². The molecule has 2 aromatic carbocycles. The molecule has 0 aliphatic rings. The summed E-state index contributed by atoms with van der Waals surface area (Å²) in [5, 5.41) is 18.2. The van der Waals surface area contributed by atoms with Crippen molar-refractivity contribution in [3.63, 3.8) is 0 Å². The third-order valence-electron chi connectivity index (χ3n) is 4.24. The fourth-order valence-corrected chi connectivity index (χ4v) is 2.74. The Labute approximate surface area is 203 Å². The highest BCUT2D eigenvalue weighted by Gasteiger charge is 2.23. The second-order valence-electron chi connectivity index (χ2n) is 8.26. The van der Waals surface area contributed by atoms with E-state index in [4.69, 9.17) is 18.9 Å². The molecule has 3 amide bonds. The quantitative estimate of drug-likeness (QED) is 0.226. The second-order valence-corrected chi connectivity index (χ2v) is 8.26. The third-order valence-corrected chi connectivity index (χ3v) is 4.24. The van der Waals surface area contributed by atoms with E-state index in [0.717, 1.165) is 5.56 Å². The van der Waals surface area contributed by atoms with Crippen molar-refractivity contribution >= 4 is 23.8 Å². The van der Waals surface area contributed by atoms with Gasteiger partial charge in [0.05, 0.1) is 5.56 Å². The molecule has 0 fully saturated rings. The lowest BCUT2D eigenvalue weighted by atomic mass is 10.1. The fourth-order valence-electron chi connectivity index (χ4n) is 2.74. The van der Waals surface area contributed by atoms with Crippen LogP contribution in [0.15, 0.2) is 42.5 Å². The maximum absolute atomic E-state index is 12.6. The monoisotopic (exact) mass is 489 g/mol. The van der Waals surface area contributed by atoms with Gasteiger partial charge in [-0.1, -0.05) is 30.3 Å². The number of ether oxygens (including phenoxy) is 4. The SMILES string of the molecule is COCOc1ccc(C(=O)NCCNC(=O)OCc2ccccc2)c(O)c1NC(=O)OC(C)(C)C. The predicted molar refractivity (Wildman–Crippen MR) is 127 cm³/mol. The molecule has 2 aromatic rings. The van der Waals surface area contributed by atoms with Crippen LogP contribution >= 0.6 is 0 Å². The molecule has 0 aliphatic carbocycles. The first kappa shape index (κ1) is 27.3. The lowest BCUT2D eigenvalue weighted by Gasteiger charge is -2.21. The molecule has 190 valence electrons. The highest BCUT2D eigenvalue weighted by atomic mass is 16.7. The number of phenols is 1. The number of alkyl carbamates (subject to hydrolysis) is 1. The molecule has 11 heteroatoms. The number of hydrogen-bond donors (Lipinski definition) is 4. The number of anilines is 1. The molecule has 0 spiro atoms. The van der Waals surface area contributed by atoms with E-state index < -0.39 is 29.4 Å². The van der Waals surface area contributed by atoms with Gasteiger partial charge in [0, 0.05) is 20.2 Å². The Kier molecular flexibility index (Phi) is 10.2. The Balaban J connectivity index is 1.95. The molecule has 0 unspecified atom stereocenters. The van der Waals surface area contributed by atoms with Crippen molar-refractivity contribution in [3.05, 3.63) is 53.6 Å². The lowest BCUT2D eigenvalue weighted by Crippen LogP contribution is -2.35. The number of carbonyl (C=O) groups excluding carboxylic acids is 3. The predicted octanol–water partition coefficient (Wildman–Crippen LogP) is 3.38. The number of carbonyl (C=O) groups is 3. The van der Waals surface area contributed by atoms with Crippen molar-refractivity contribution < 1.29 is 38.4 Å². The zero-order valence-electron chi connectivity index (χ0n) is 20.2. The van der Waals surface area contributed by atoms with Crippen LogP contribution in [0.1, 0.15) is 36.7 Å². The Bertz CT molecular complexity index is 1010.